The standard InChI is InChI=1S/C15H17BrFNO/c16-12-6-7-14(17)13(10-12)15(19)18-9-8-11-4-2-1-3-5-11/h4,6-7,10H,1-3,5,8-9H2,(H,18,19). The number of rotatable bonds is 4. The first-order valence-electron chi connectivity index (χ1n) is 6.58. The van der Waals surface area contributed by atoms with E-state index in [0.29, 0.717) is 11.0 Å². The van der Waals surface area contributed by atoms with Gasteiger partial charge >= 0.3 is 0 Å². The molecule has 0 heterocycles. The molecule has 0 unspecified atom stereocenters. The Bertz CT molecular complexity index is 499. The molecule has 0 fully saturated rings. The van der Waals surface area contributed by atoms with Gasteiger partial charge in [-0.2, -0.15) is 0 Å². The van der Waals surface area contributed by atoms with Crippen molar-refractivity contribution in [3.8, 4) is 0 Å². The summed E-state index contributed by atoms with van der Waals surface area (Å²) in [5.41, 5.74) is 1.49. The summed E-state index contributed by atoms with van der Waals surface area (Å²) in [5, 5.41) is 2.77. The predicted molar refractivity (Wildman–Crippen MR) is 77.6 cm³/mol. The Kier molecular flexibility index (Phi) is 5.14. The zero-order valence-electron chi connectivity index (χ0n) is 10.7. The van der Waals surface area contributed by atoms with E-state index in [-0.39, 0.29) is 11.5 Å². The van der Waals surface area contributed by atoms with Gasteiger partial charge in [0.05, 0.1) is 5.56 Å². The molecule has 1 aliphatic rings. The number of amides is 1. The van der Waals surface area contributed by atoms with Crippen LogP contribution < -0.4 is 5.32 Å². The number of carbonyl (C=O) groups is 1. The first-order valence-corrected chi connectivity index (χ1v) is 7.37. The number of halogens is 2. The fraction of sp³-hybridized carbons (Fsp3) is 0.400. The predicted octanol–water partition coefficient (Wildman–Crippen LogP) is 4.21. The highest BCUT2D eigenvalue weighted by atomic mass is 79.9. The fourth-order valence-corrected chi connectivity index (χ4v) is 2.60. The summed E-state index contributed by atoms with van der Waals surface area (Å²) in [7, 11) is 0. The molecule has 1 aliphatic carbocycles. The lowest BCUT2D eigenvalue weighted by molar-refractivity contribution is 0.0950. The Hall–Kier alpha value is -1.16. The molecule has 0 atom stereocenters. The van der Waals surface area contributed by atoms with Crippen molar-refractivity contribution < 1.29 is 9.18 Å². The zero-order chi connectivity index (χ0) is 13.7. The van der Waals surface area contributed by atoms with Gasteiger partial charge < -0.3 is 5.32 Å². The third-order valence-electron chi connectivity index (χ3n) is 3.29. The number of allylic oxidation sites excluding steroid dienone is 1. The van der Waals surface area contributed by atoms with E-state index in [1.807, 2.05) is 0 Å². The van der Waals surface area contributed by atoms with Gasteiger partial charge in [-0.05, 0) is 50.3 Å². The smallest absolute Gasteiger partial charge is 0.254 e. The van der Waals surface area contributed by atoms with Gasteiger partial charge in [-0.25, -0.2) is 4.39 Å². The van der Waals surface area contributed by atoms with Crippen LogP contribution in [0.25, 0.3) is 0 Å². The Morgan fingerprint density at radius 3 is 2.95 bits per heavy atom. The Labute approximate surface area is 121 Å². The van der Waals surface area contributed by atoms with E-state index in [1.54, 1.807) is 6.07 Å². The van der Waals surface area contributed by atoms with E-state index in [4.69, 9.17) is 0 Å². The number of hydrogen-bond acceptors (Lipinski definition) is 1. The normalized spacial score (nSPS) is 14.9. The lowest BCUT2D eigenvalue weighted by atomic mass is 9.97. The van der Waals surface area contributed by atoms with Crippen LogP contribution in [0.1, 0.15) is 42.5 Å². The van der Waals surface area contributed by atoms with Gasteiger partial charge in [-0.1, -0.05) is 27.6 Å². The minimum absolute atomic E-state index is 0.0898. The van der Waals surface area contributed by atoms with Crippen LogP contribution in [-0.4, -0.2) is 12.5 Å². The van der Waals surface area contributed by atoms with Crippen LogP contribution in [0.2, 0.25) is 0 Å². The van der Waals surface area contributed by atoms with Gasteiger partial charge in [0.2, 0.25) is 0 Å². The summed E-state index contributed by atoms with van der Waals surface area (Å²) >= 11 is 3.24. The minimum atomic E-state index is -0.488. The Balaban J connectivity index is 1.87. The fourth-order valence-electron chi connectivity index (χ4n) is 2.24. The topological polar surface area (TPSA) is 29.1 Å². The molecule has 0 saturated heterocycles. The Morgan fingerprint density at radius 2 is 2.21 bits per heavy atom. The Morgan fingerprint density at radius 1 is 1.37 bits per heavy atom. The van der Waals surface area contributed by atoms with Crippen LogP contribution >= 0.6 is 15.9 Å². The largest absolute Gasteiger partial charge is 0.352 e. The summed E-state index contributed by atoms with van der Waals surface area (Å²) in [6.07, 6.45) is 7.89. The molecule has 2 rings (SSSR count). The molecule has 4 heteroatoms. The molecule has 0 saturated carbocycles. The van der Waals surface area contributed by atoms with Crippen molar-refractivity contribution in [1.82, 2.24) is 5.32 Å². The van der Waals surface area contributed by atoms with E-state index < -0.39 is 5.82 Å². The molecule has 1 aromatic rings. The second-order valence-electron chi connectivity index (χ2n) is 4.74. The first-order chi connectivity index (χ1) is 9.16. The summed E-state index contributed by atoms with van der Waals surface area (Å²) in [6.45, 7) is 0.566. The SMILES string of the molecule is O=C(NCCC1=CCCCC1)c1cc(Br)ccc1F. The van der Waals surface area contributed by atoms with Gasteiger partial charge in [-0.15, -0.1) is 0 Å². The van der Waals surface area contributed by atoms with E-state index >= 15 is 0 Å². The van der Waals surface area contributed by atoms with Crippen molar-refractivity contribution in [3.05, 3.63) is 45.7 Å². The van der Waals surface area contributed by atoms with E-state index in [0.717, 1.165) is 19.3 Å². The summed E-state index contributed by atoms with van der Waals surface area (Å²) in [4.78, 5) is 11.9. The molecule has 0 aliphatic heterocycles. The van der Waals surface area contributed by atoms with Gasteiger partial charge in [0.25, 0.3) is 5.91 Å². The molecule has 1 aromatic carbocycles. The second-order valence-corrected chi connectivity index (χ2v) is 5.65. The lowest BCUT2D eigenvalue weighted by Gasteiger charge is -2.13. The van der Waals surface area contributed by atoms with Crippen molar-refractivity contribution in [2.45, 2.75) is 32.1 Å². The minimum Gasteiger partial charge on any atom is -0.352 e. The molecule has 0 radical (unpaired) electrons. The first kappa shape index (κ1) is 14.3. The highest BCUT2D eigenvalue weighted by molar-refractivity contribution is 9.10. The third-order valence-corrected chi connectivity index (χ3v) is 3.78. The van der Waals surface area contributed by atoms with Crippen molar-refractivity contribution in [2.24, 2.45) is 0 Å². The molecule has 102 valence electrons. The maximum absolute atomic E-state index is 13.5. The molecule has 19 heavy (non-hydrogen) atoms. The van der Waals surface area contributed by atoms with Crippen molar-refractivity contribution in [2.75, 3.05) is 6.54 Å². The third kappa shape index (κ3) is 4.16. The van der Waals surface area contributed by atoms with E-state index in [9.17, 15) is 9.18 Å². The van der Waals surface area contributed by atoms with Crippen molar-refractivity contribution in [1.29, 1.82) is 0 Å². The number of carbonyl (C=O) groups excluding carboxylic acids is 1. The van der Waals surface area contributed by atoms with Crippen LogP contribution in [0, 0.1) is 5.82 Å². The molecule has 1 amide bonds. The molecule has 2 nitrogen and oxygen atoms in total. The highest BCUT2D eigenvalue weighted by Gasteiger charge is 2.12. The van der Waals surface area contributed by atoms with Gasteiger partial charge in [0, 0.05) is 11.0 Å². The van der Waals surface area contributed by atoms with E-state index in [2.05, 4.69) is 27.3 Å². The average molecular weight is 326 g/mol. The number of hydrogen-bond donors (Lipinski definition) is 1. The summed E-state index contributed by atoms with van der Waals surface area (Å²) in [6, 6.07) is 4.38. The lowest BCUT2D eigenvalue weighted by Crippen LogP contribution is -2.25. The van der Waals surface area contributed by atoms with E-state index in [1.165, 1.54) is 30.5 Å². The maximum Gasteiger partial charge on any atom is 0.254 e. The second kappa shape index (κ2) is 6.85. The van der Waals surface area contributed by atoms with Crippen LogP contribution in [-0.2, 0) is 0 Å². The van der Waals surface area contributed by atoms with Gasteiger partial charge in [-0.3, -0.25) is 4.79 Å². The zero-order valence-corrected chi connectivity index (χ0v) is 12.3. The monoisotopic (exact) mass is 325 g/mol. The van der Waals surface area contributed by atoms with Crippen LogP contribution in [0.4, 0.5) is 4.39 Å². The van der Waals surface area contributed by atoms with Crippen LogP contribution in [0.5, 0.6) is 0 Å². The van der Waals surface area contributed by atoms with Crippen molar-refractivity contribution in [3.63, 3.8) is 0 Å². The highest BCUT2D eigenvalue weighted by Crippen LogP contribution is 2.19. The maximum atomic E-state index is 13.5. The van der Waals surface area contributed by atoms with Crippen LogP contribution in [0.3, 0.4) is 0 Å². The molecular formula is C15H17BrFNO. The summed E-state index contributed by atoms with van der Waals surface area (Å²) < 4.78 is 14.2. The average Bonchev–Trinajstić information content (AvgIpc) is 2.42. The van der Waals surface area contributed by atoms with Crippen LogP contribution in [0.15, 0.2) is 34.3 Å². The molecule has 0 aromatic heterocycles. The molecule has 1 N–H and O–H groups in total. The number of benzene rings is 1. The summed E-state index contributed by atoms with van der Waals surface area (Å²) in [5.74, 6) is -0.840. The van der Waals surface area contributed by atoms with Gasteiger partial charge in [0.15, 0.2) is 0 Å². The van der Waals surface area contributed by atoms with Gasteiger partial charge in [0.1, 0.15) is 5.82 Å². The van der Waals surface area contributed by atoms with Crippen molar-refractivity contribution >= 4 is 21.8 Å². The molecule has 0 bridgehead atoms. The molecular weight excluding hydrogens is 309 g/mol. The molecule has 0 spiro atoms. The quantitative estimate of drug-likeness (QED) is 0.825. The number of nitrogens with one attached hydrogen (secondary N) is 1.